The van der Waals surface area contributed by atoms with E-state index >= 15 is 0 Å². The first kappa shape index (κ1) is 11.0. The molecule has 0 spiro atoms. The van der Waals surface area contributed by atoms with Gasteiger partial charge in [-0.2, -0.15) is 5.92 Å². The fourth-order valence-corrected chi connectivity index (χ4v) is 1.40. The zero-order chi connectivity index (χ0) is 9.02. The summed E-state index contributed by atoms with van der Waals surface area (Å²) in [6.07, 6.45) is 1.28. The molecule has 0 bridgehead atoms. The third-order valence-corrected chi connectivity index (χ3v) is 3.07. The van der Waals surface area contributed by atoms with Crippen LogP contribution in [-0.4, -0.2) is 0 Å². The van der Waals surface area contributed by atoms with Crippen molar-refractivity contribution in [2.45, 2.75) is 41.0 Å². The summed E-state index contributed by atoms with van der Waals surface area (Å²) >= 11 is 0. The normalized spacial score (nSPS) is 19.9. The van der Waals surface area contributed by atoms with Crippen LogP contribution in [0, 0.1) is 30.6 Å². The summed E-state index contributed by atoms with van der Waals surface area (Å²) in [6.45, 7) is 15.6. The molecule has 0 saturated carbocycles. The molecule has 3 atom stereocenters. The molecule has 0 aliphatic carbocycles. The Morgan fingerprint density at radius 1 is 1.09 bits per heavy atom. The van der Waals surface area contributed by atoms with Crippen LogP contribution in [0.2, 0.25) is 0 Å². The molecule has 0 aliphatic heterocycles. The Kier molecular flexibility index (Phi) is 4.79. The average Bonchev–Trinajstić information content (AvgIpc) is 2.00. The average molecular weight is 155 g/mol. The van der Waals surface area contributed by atoms with Crippen LogP contribution in [0.25, 0.3) is 0 Å². The van der Waals surface area contributed by atoms with Crippen LogP contribution in [0.4, 0.5) is 0 Å². The standard InChI is InChI=1S/C11H23/c1-7-9(4)11(6)10(5)8(2)3/h8-11H,5,7H2,1-4,6H3/q-1. The molecule has 11 heavy (non-hydrogen) atoms. The van der Waals surface area contributed by atoms with Crippen molar-refractivity contribution in [3.63, 3.8) is 0 Å². The summed E-state index contributed by atoms with van der Waals surface area (Å²) < 4.78 is 0. The Balaban J connectivity index is 3.90. The van der Waals surface area contributed by atoms with Crippen LogP contribution in [0.5, 0.6) is 0 Å². The van der Waals surface area contributed by atoms with Crippen molar-refractivity contribution in [1.82, 2.24) is 0 Å². The van der Waals surface area contributed by atoms with Gasteiger partial charge < -0.3 is 6.92 Å². The molecule has 0 aliphatic rings. The molecule has 0 fully saturated rings. The summed E-state index contributed by atoms with van der Waals surface area (Å²) in [7, 11) is 0. The van der Waals surface area contributed by atoms with Gasteiger partial charge in [0.2, 0.25) is 0 Å². The molecule has 3 unspecified atom stereocenters. The molecular weight excluding hydrogens is 132 g/mol. The maximum atomic E-state index is 4.21. The fourth-order valence-electron chi connectivity index (χ4n) is 1.40. The Morgan fingerprint density at radius 3 is 1.82 bits per heavy atom. The topological polar surface area (TPSA) is 0 Å². The highest BCUT2D eigenvalue weighted by Crippen LogP contribution is 2.27. The molecule has 68 valence electrons. The van der Waals surface area contributed by atoms with Crippen molar-refractivity contribution >= 4 is 0 Å². The summed E-state index contributed by atoms with van der Waals surface area (Å²) in [5.41, 5.74) is 0. The van der Waals surface area contributed by atoms with Gasteiger partial charge >= 0.3 is 0 Å². The quantitative estimate of drug-likeness (QED) is 0.542. The van der Waals surface area contributed by atoms with E-state index in [-0.39, 0.29) is 0 Å². The van der Waals surface area contributed by atoms with Crippen molar-refractivity contribution in [2.24, 2.45) is 23.7 Å². The zero-order valence-electron chi connectivity index (χ0n) is 8.72. The largest absolute Gasteiger partial charge is 0.340 e. The smallest absolute Gasteiger partial charge is 0.0441 e. The third kappa shape index (κ3) is 3.27. The fraction of sp³-hybridized carbons (Fsp3) is 0.909. The molecule has 0 radical (unpaired) electrons. The van der Waals surface area contributed by atoms with E-state index in [1.54, 1.807) is 0 Å². The highest BCUT2D eigenvalue weighted by atomic mass is 14.2. The molecule has 0 N–H and O–H groups in total. The second-order valence-electron chi connectivity index (χ2n) is 4.15. The second-order valence-corrected chi connectivity index (χ2v) is 4.15. The van der Waals surface area contributed by atoms with Crippen molar-refractivity contribution in [3.8, 4) is 0 Å². The molecule has 0 saturated heterocycles. The highest BCUT2D eigenvalue weighted by Gasteiger charge is 2.14. The monoisotopic (exact) mass is 155 g/mol. The third-order valence-electron chi connectivity index (χ3n) is 3.07. The zero-order valence-corrected chi connectivity index (χ0v) is 8.72. The van der Waals surface area contributed by atoms with Crippen LogP contribution in [0.1, 0.15) is 41.0 Å². The molecule has 0 rings (SSSR count). The predicted molar refractivity (Wildman–Crippen MR) is 52.3 cm³/mol. The minimum absolute atomic E-state index is 0.616. The molecule has 0 nitrogen and oxygen atoms in total. The van der Waals surface area contributed by atoms with E-state index in [9.17, 15) is 0 Å². The van der Waals surface area contributed by atoms with Gasteiger partial charge in [-0.1, -0.05) is 52.9 Å². The SMILES string of the molecule is [CH2-]C(C(C)C)C(C)C(C)CC. The lowest BCUT2D eigenvalue weighted by atomic mass is 9.78. The van der Waals surface area contributed by atoms with E-state index in [4.69, 9.17) is 0 Å². The van der Waals surface area contributed by atoms with Crippen LogP contribution in [0.3, 0.4) is 0 Å². The molecule has 0 amide bonds. The van der Waals surface area contributed by atoms with E-state index in [2.05, 4.69) is 41.5 Å². The predicted octanol–water partition coefficient (Wildman–Crippen LogP) is 3.77. The lowest BCUT2D eigenvalue weighted by Crippen LogP contribution is -2.20. The van der Waals surface area contributed by atoms with Crippen molar-refractivity contribution in [1.29, 1.82) is 0 Å². The van der Waals surface area contributed by atoms with Crippen LogP contribution in [0.15, 0.2) is 0 Å². The summed E-state index contributed by atoms with van der Waals surface area (Å²) in [5.74, 6) is 2.92. The van der Waals surface area contributed by atoms with Gasteiger partial charge in [0.15, 0.2) is 0 Å². The van der Waals surface area contributed by atoms with Gasteiger partial charge in [0.1, 0.15) is 0 Å². The number of rotatable bonds is 4. The Labute approximate surface area is 72.4 Å². The van der Waals surface area contributed by atoms with Gasteiger partial charge in [0, 0.05) is 0 Å². The van der Waals surface area contributed by atoms with Gasteiger partial charge in [-0.3, -0.25) is 0 Å². The van der Waals surface area contributed by atoms with E-state index in [1.165, 1.54) is 6.42 Å². The lowest BCUT2D eigenvalue weighted by molar-refractivity contribution is 0.243. The Bertz CT molecular complexity index is 94.2. The van der Waals surface area contributed by atoms with Crippen molar-refractivity contribution in [3.05, 3.63) is 6.92 Å². The number of hydrogen-bond donors (Lipinski definition) is 0. The first-order valence-corrected chi connectivity index (χ1v) is 4.83. The molecule has 0 heteroatoms. The first-order chi connectivity index (χ1) is 5.00. The van der Waals surface area contributed by atoms with Gasteiger partial charge in [0.25, 0.3) is 0 Å². The van der Waals surface area contributed by atoms with E-state index in [0.29, 0.717) is 5.92 Å². The Morgan fingerprint density at radius 2 is 1.55 bits per heavy atom. The summed E-state index contributed by atoms with van der Waals surface area (Å²) in [4.78, 5) is 0. The molecule has 0 aromatic rings. The van der Waals surface area contributed by atoms with Gasteiger partial charge in [-0.15, -0.1) is 0 Å². The minimum atomic E-state index is 0.616. The number of hydrogen-bond acceptors (Lipinski definition) is 0. The van der Waals surface area contributed by atoms with Crippen LogP contribution in [-0.2, 0) is 0 Å². The molecule has 0 heterocycles. The second kappa shape index (κ2) is 4.79. The molecule has 0 aromatic carbocycles. The lowest BCUT2D eigenvalue weighted by Gasteiger charge is -2.33. The van der Waals surface area contributed by atoms with Crippen LogP contribution >= 0.6 is 0 Å². The van der Waals surface area contributed by atoms with E-state index in [1.807, 2.05) is 0 Å². The van der Waals surface area contributed by atoms with Gasteiger partial charge in [0.05, 0.1) is 0 Å². The van der Waals surface area contributed by atoms with Crippen LogP contribution < -0.4 is 0 Å². The van der Waals surface area contributed by atoms with Gasteiger partial charge in [-0.25, -0.2) is 0 Å². The maximum Gasteiger partial charge on any atom is -0.0441 e. The van der Waals surface area contributed by atoms with E-state index in [0.717, 1.165) is 17.8 Å². The first-order valence-electron chi connectivity index (χ1n) is 4.83. The minimum Gasteiger partial charge on any atom is -0.340 e. The van der Waals surface area contributed by atoms with Crippen molar-refractivity contribution < 1.29 is 0 Å². The summed E-state index contributed by atoms with van der Waals surface area (Å²) in [5, 5.41) is 0. The summed E-state index contributed by atoms with van der Waals surface area (Å²) in [6, 6.07) is 0. The van der Waals surface area contributed by atoms with Gasteiger partial charge in [-0.05, 0) is 5.92 Å². The highest BCUT2D eigenvalue weighted by molar-refractivity contribution is 4.74. The van der Waals surface area contributed by atoms with E-state index < -0.39 is 0 Å². The van der Waals surface area contributed by atoms with Crippen molar-refractivity contribution in [2.75, 3.05) is 0 Å². The molecule has 0 aromatic heterocycles. The molecular formula is C11H23-. The maximum absolute atomic E-state index is 4.21. The Hall–Kier alpha value is 0.